The standard InChI is InChI=1S/C21H18Cl2FN5O4S/c1-3-8-28-20(12(2)33-18-7-4-13(24)9-16(18)23)26-27-21(28)34-11-19(30)25-17-10-14(29(31)32)5-6-15(17)22/h3-7,9-10,12H,1,8,11H2,2H3,(H,25,30). The third-order valence-electron chi connectivity index (χ3n) is 4.39. The number of rotatable bonds is 10. The molecule has 178 valence electrons. The zero-order chi connectivity index (χ0) is 24.8. The van der Waals surface area contributed by atoms with Gasteiger partial charge in [-0.1, -0.05) is 41.0 Å². The number of non-ortho nitro benzene ring substituents is 1. The number of aromatic nitrogens is 3. The molecule has 1 heterocycles. The Hall–Kier alpha value is -3.15. The fourth-order valence-corrected chi connectivity index (χ4v) is 3.99. The van der Waals surface area contributed by atoms with Gasteiger partial charge in [-0.3, -0.25) is 19.5 Å². The fraction of sp³-hybridized carbons (Fsp3) is 0.190. The number of amides is 1. The average molecular weight is 526 g/mol. The molecule has 9 nitrogen and oxygen atoms in total. The number of hydrogen-bond acceptors (Lipinski definition) is 7. The molecular formula is C21H18Cl2FN5O4S. The van der Waals surface area contributed by atoms with Crippen LogP contribution in [0.25, 0.3) is 0 Å². The number of benzene rings is 2. The maximum atomic E-state index is 13.3. The molecule has 13 heteroatoms. The topological polar surface area (TPSA) is 112 Å². The van der Waals surface area contributed by atoms with Crippen LogP contribution in [0, 0.1) is 15.9 Å². The zero-order valence-corrected chi connectivity index (χ0v) is 20.0. The van der Waals surface area contributed by atoms with E-state index in [-0.39, 0.29) is 32.9 Å². The molecule has 0 fully saturated rings. The van der Waals surface area contributed by atoms with E-state index in [1.165, 1.54) is 30.3 Å². The van der Waals surface area contributed by atoms with Crippen LogP contribution in [0.1, 0.15) is 18.9 Å². The van der Waals surface area contributed by atoms with E-state index < -0.39 is 22.8 Å². The van der Waals surface area contributed by atoms with E-state index in [1.807, 2.05) is 0 Å². The highest BCUT2D eigenvalue weighted by Gasteiger charge is 2.21. The normalized spacial score (nSPS) is 11.6. The summed E-state index contributed by atoms with van der Waals surface area (Å²) in [6.07, 6.45) is 1.04. The number of nitrogens with zero attached hydrogens (tertiary/aromatic N) is 4. The van der Waals surface area contributed by atoms with Gasteiger partial charge in [0.2, 0.25) is 5.91 Å². The first kappa shape index (κ1) is 25.5. The Labute approximate surface area is 208 Å². The third kappa shape index (κ3) is 6.25. The van der Waals surface area contributed by atoms with E-state index in [0.717, 1.165) is 17.8 Å². The molecule has 0 aliphatic carbocycles. The summed E-state index contributed by atoms with van der Waals surface area (Å²) in [5, 5.41) is 22.5. The number of thioether (sulfide) groups is 1. The molecule has 3 aromatic rings. The molecule has 1 amide bonds. The Kier molecular flexibility index (Phi) is 8.48. The molecule has 34 heavy (non-hydrogen) atoms. The summed E-state index contributed by atoms with van der Waals surface area (Å²) in [5.74, 6) is -0.253. The largest absolute Gasteiger partial charge is 0.481 e. The number of nitro benzene ring substituents is 1. The van der Waals surface area contributed by atoms with Crippen molar-refractivity contribution in [3.05, 3.63) is 80.9 Å². The summed E-state index contributed by atoms with van der Waals surface area (Å²) >= 11 is 13.2. The minimum atomic E-state index is -0.595. The lowest BCUT2D eigenvalue weighted by molar-refractivity contribution is -0.384. The van der Waals surface area contributed by atoms with Crippen LogP contribution in [0.15, 0.2) is 54.2 Å². The minimum Gasteiger partial charge on any atom is -0.481 e. The lowest BCUT2D eigenvalue weighted by atomic mass is 10.3. The van der Waals surface area contributed by atoms with E-state index in [9.17, 15) is 19.3 Å². The Morgan fingerprint density at radius 3 is 2.76 bits per heavy atom. The van der Waals surface area contributed by atoms with Crippen LogP contribution in [0.3, 0.4) is 0 Å². The van der Waals surface area contributed by atoms with Crippen LogP contribution < -0.4 is 10.1 Å². The van der Waals surface area contributed by atoms with Crippen molar-refractivity contribution in [2.45, 2.75) is 24.7 Å². The molecule has 0 aliphatic rings. The van der Waals surface area contributed by atoms with Gasteiger partial charge in [-0.05, 0) is 31.2 Å². The van der Waals surface area contributed by atoms with Gasteiger partial charge < -0.3 is 10.1 Å². The first-order valence-corrected chi connectivity index (χ1v) is 11.5. The van der Waals surface area contributed by atoms with Crippen LogP contribution >= 0.6 is 35.0 Å². The molecule has 0 radical (unpaired) electrons. The summed E-state index contributed by atoms with van der Waals surface area (Å²) < 4.78 is 20.8. The molecular weight excluding hydrogens is 508 g/mol. The van der Waals surface area contributed by atoms with Crippen LogP contribution in [0.4, 0.5) is 15.8 Å². The number of carbonyl (C=O) groups excluding carboxylic acids is 1. The lowest BCUT2D eigenvalue weighted by Crippen LogP contribution is -2.16. The number of ether oxygens (including phenoxy) is 1. The minimum absolute atomic E-state index is 0.0622. The molecule has 3 rings (SSSR count). The van der Waals surface area contributed by atoms with E-state index in [1.54, 1.807) is 17.6 Å². The van der Waals surface area contributed by atoms with E-state index in [4.69, 9.17) is 27.9 Å². The monoisotopic (exact) mass is 525 g/mol. The van der Waals surface area contributed by atoms with E-state index in [0.29, 0.717) is 17.5 Å². The van der Waals surface area contributed by atoms with Gasteiger partial charge in [0, 0.05) is 18.7 Å². The van der Waals surface area contributed by atoms with Gasteiger partial charge in [-0.2, -0.15) is 0 Å². The van der Waals surface area contributed by atoms with Gasteiger partial charge in [0.25, 0.3) is 5.69 Å². The van der Waals surface area contributed by atoms with E-state index in [2.05, 4.69) is 22.1 Å². The SMILES string of the molecule is C=CCn1c(SCC(=O)Nc2cc([N+](=O)[O-])ccc2Cl)nnc1C(C)Oc1ccc(F)cc1Cl. The van der Waals surface area contributed by atoms with Crippen molar-refractivity contribution >= 4 is 52.2 Å². The fourth-order valence-electron chi connectivity index (χ4n) is 2.86. The molecule has 0 aliphatic heterocycles. The highest BCUT2D eigenvalue weighted by molar-refractivity contribution is 7.99. The van der Waals surface area contributed by atoms with Gasteiger partial charge in [0.15, 0.2) is 17.1 Å². The second kappa shape index (κ2) is 11.3. The van der Waals surface area contributed by atoms with Crippen LogP contribution in [-0.2, 0) is 11.3 Å². The molecule has 2 aromatic carbocycles. The highest BCUT2D eigenvalue weighted by Crippen LogP contribution is 2.31. The highest BCUT2D eigenvalue weighted by atomic mass is 35.5. The Morgan fingerprint density at radius 2 is 2.09 bits per heavy atom. The molecule has 1 unspecified atom stereocenters. The molecule has 0 saturated heterocycles. The van der Waals surface area contributed by atoms with Gasteiger partial charge in [0.1, 0.15) is 11.6 Å². The number of anilines is 1. The molecule has 1 atom stereocenters. The van der Waals surface area contributed by atoms with Gasteiger partial charge in [-0.25, -0.2) is 4.39 Å². The van der Waals surface area contributed by atoms with Crippen molar-refractivity contribution in [1.29, 1.82) is 0 Å². The van der Waals surface area contributed by atoms with Crippen molar-refractivity contribution in [2.75, 3.05) is 11.1 Å². The van der Waals surface area contributed by atoms with Crippen molar-refractivity contribution in [3.63, 3.8) is 0 Å². The zero-order valence-electron chi connectivity index (χ0n) is 17.7. The van der Waals surface area contributed by atoms with Gasteiger partial charge >= 0.3 is 0 Å². The Balaban J connectivity index is 1.70. The molecule has 1 N–H and O–H groups in total. The summed E-state index contributed by atoms with van der Waals surface area (Å²) in [7, 11) is 0. The average Bonchev–Trinajstić information content (AvgIpc) is 3.18. The van der Waals surface area contributed by atoms with Crippen LogP contribution in [0.2, 0.25) is 10.0 Å². The first-order chi connectivity index (χ1) is 16.2. The van der Waals surface area contributed by atoms with Crippen LogP contribution in [-0.4, -0.2) is 31.3 Å². The number of carbonyl (C=O) groups is 1. The van der Waals surface area contributed by atoms with Crippen molar-refractivity contribution < 1.29 is 18.8 Å². The second-order valence-corrected chi connectivity index (χ2v) is 8.59. The van der Waals surface area contributed by atoms with Crippen molar-refractivity contribution in [2.24, 2.45) is 0 Å². The Bertz CT molecular complexity index is 1240. The van der Waals surface area contributed by atoms with Gasteiger partial charge in [-0.15, -0.1) is 16.8 Å². The van der Waals surface area contributed by atoms with E-state index >= 15 is 0 Å². The van der Waals surface area contributed by atoms with Crippen LogP contribution in [0.5, 0.6) is 5.75 Å². The van der Waals surface area contributed by atoms with Crippen molar-refractivity contribution in [3.8, 4) is 5.75 Å². The number of hydrogen-bond donors (Lipinski definition) is 1. The maximum absolute atomic E-state index is 13.3. The molecule has 1 aromatic heterocycles. The summed E-state index contributed by atoms with van der Waals surface area (Å²) in [5.41, 5.74) is -0.0640. The summed E-state index contributed by atoms with van der Waals surface area (Å²) in [4.78, 5) is 22.8. The maximum Gasteiger partial charge on any atom is 0.271 e. The van der Waals surface area contributed by atoms with Crippen molar-refractivity contribution in [1.82, 2.24) is 14.8 Å². The smallest absolute Gasteiger partial charge is 0.271 e. The van der Waals surface area contributed by atoms with Gasteiger partial charge in [0.05, 0.1) is 26.4 Å². The summed E-state index contributed by atoms with van der Waals surface area (Å²) in [6, 6.07) is 7.56. The second-order valence-electron chi connectivity index (χ2n) is 6.83. The molecule has 0 spiro atoms. The predicted molar refractivity (Wildman–Crippen MR) is 128 cm³/mol. The summed E-state index contributed by atoms with van der Waals surface area (Å²) in [6.45, 7) is 5.80. The third-order valence-corrected chi connectivity index (χ3v) is 5.98. The number of halogens is 3. The lowest BCUT2D eigenvalue weighted by Gasteiger charge is -2.16. The first-order valence-electron chi connectivity index (χ1n) is 9.72. The number of allylic oxidation sites excluding steroid dienone is 1. The Morgan fingerprint density at radius 1 is 1.32 bits per heavy atom. The quantitative estimate of drug-likeness (QED) is 0.156. The molecule has 0 bridgehead atoms. The molecule has 0 saturated carbocycles. The number of nitrogens with one attached hydrogen (secondary N) is 1. The predicted octanol–water partition coefficient (Wildman–Crippen LogP) is 5.69. The number of nitro groups is 1.